The van der Waals surface area contributed by atoms with Gasteiger partial charge in [0, 0.05) is 10.8 Å². The average molecular weight is 211 g/mol. The predicted molar refractivity (Wildman–Crippen MR) is 56.3 cm³/mol. The van der Waals surface area contributed by atoms with E-state index in [9.17, 15) is 0 Å². The fraction of sp³-hybridized carbons (Fsp3) is 0.111. The Morgan fingerprint density at radius 1 is 1.15 bits per heavy atom. The number of halogens is 1. The van der Waals surface area contributed by atoms with Crippen LogP contribution in [0.4, 0.5) is 0 Å². The highest BCUT2D eigenvalue weighted by atomic mass is 35.5. The van der Waals surface area contributed by atoms with E-state index in [1.165, 1.54) is 0 Å². The molecule has 0 N–H and O–H groups in total. The summed E-state index contributed by atoms with van der Waals surface area (Å²) in [5, 5.41) is 11.3. The Bertz CT molecular complexity index is 445. The molecule has 1 aromatic carbocycles. The van der Waals surface area contributed by atoms with Crippen LogP contribution < -0.4 is 0 Å². The fourth-order valence-electron chi connectivity index (χ4n) is 1.20. The molecule has 0 spiro atoms. The van der Waals surface area contributed by atoms with Crippen LogP contribution in [0, 0.1) is 0 Å². The standard InChI is InChI=1S/C9H7ClN2S/c1-13-9-7-5-3-2-4-6(7)8(10)11-12-9/h2-5H,1H3. The van der Waals surface area contributed by atoms with Gasteiger partial charge >= 0.3 is 0 Å². The Morgan fingerprint density at radius 2 is 1.85 bits per heavy atom. The summed E-state index contributed by atoms with van der Waals surface area (Å²) in [6, 6.07) is 7.87. The van der Waals surface area contributed by atoms with Crippen LogP contribution in [0.3, 0.4) is 0 Å². The van der Waals surface area contributed by atoms with E-state index in [4.69, 9.17) is 11.6 Å². The largest absolute Gasteiger partial charge is 0.159 e. The van der Waals surface area contributed by atoms with E-state index in [0.29, 0.717) is 5.15 Å². The molecule has 0 atom stereocenters. The van der Waals surface area contributed by atoms with Gasteiger partial charge in [-0.25, -0.2) is 0 Å². The Balaban J connectivity index is 2.84. The lowest BCUT2D eigenvalue weighted by molar-refractivity contribution is 0.958. The summed E-state index contributed by atoms with van der Waals surface area (Å²) >= 11 is 7.48. The zero-order valence-electron chi connectivity index (χ0n) is 6.99. The zero-order chi connectivity index (χ0) is 9.26. The molecule has 0 aliphatic carbocycles. The van der Waals surface area contributed by atoms with Crippen LogP contribution in [0.1, 0.15) is 0 Å². The first-order chi connectivity index (χ1) is 6.33. The monoisotopic (exact) mass is 210 g/mol. The van der Waals surface area contributed by atoms with E-state index in [0.717, 1.165) is 15.8 Å². The van der Waals surface area contributed by atoms with Gasteiger partial charge in [-0.1, -0.05) is 35.9 Å². The van der Waals surface area contributed by atoms with Crippen molar-refractivity contribution in [1.82, 2.24) is 10.2 Å². The van der Waals surface area contributed by atoms with Crippen LogP contribution in [-0.2, 0) is 0 Å². The third-order valence-electron chi connectivity index (χ3n) is 1.80. The van der Waals surface area contributed by atoms with Crippen molar-refractivity contribution in [3.8, 4) is 0 Å². The third-order valence-corrected chi connectivity index (χ3v) is 2.77. The van der Waals surface area contributed by atoms with Crippen molar-refractivity contribution in [2.75, 3.05) is 6.26 Å². The van der Waals surface area contributed by atoms with Gasteiger partial charge in [0.25, 0.3) is 0 Å². The van der Waals surface area contributed by atoms with Gasteiger partial charge in [-0.15, -0.1) is 22.0 Å². The molecular formula is C9H7ClN2S. The van der Waals surface area contributed by atoms with E-state index in [1.807, 2.05) is 30.5 Å². The second-order valence-corrected chi connectivity index (χ2v) is 3.70. The molecule has 0 aliphatic heterocycles. The lowest BCUT2D eigenvalue weighted by Crippen LogP contribution is -1.88. The van der Waals surface area contributed by atoms with E-state index >= 15 is 0 Å². The topological polar surface area (TPSA) is 25.8 Å². The van der Waals surface area contributed by atoms with Gasteiger partial charge in [-0.05, 0) is 6.26 Å². The van der Waals surface area contributed by atoms with E-state index in [1.54, 1.807) is 11.8 Å². The molecule has 0 amide bonds. The number of rotatable bonds is 1. The second kappa shape index (κ2) is 3.52. The van der Waals surface area contributed by atoms with Crippen molar-refractivity contribution in [3.05, 3.63) is 29.4 Å². The summed E-state index contributed by atoms with van der Waals surface area (Å²) < 4.78 is 0. The molecule has 1 aromatic heterocycles. The molecule has 1 heterocycles. The molecule has 0 unspecified atom stereocenters. The first kappa shape index (κ1) is 8.78. The van der Waals surface area contributed by atoms with Crippen molar-refractivity contribution in [2.45, 2.75) is 5.03 Å². The number of benzene rings is 1. The number of aromatic nitrogens is 2. The molecule has 0 radical (unpaired) electrons. The van der Waals surface area contributed by atoms with Gasteiger partial charge in [0.1, 0.15) is 5.03 Å². The number of fused-ring (bicyclic) bond motifs is 1. The average Bonchev–Trinajstić information content (AvgIpc) is 2.19. The highest BCUT2D eigenvalue weighted by Gasteiger charge is 2.04. The molecule has 13 heavy (non-hydrogen) atoms. The molecule has 2 aromatic rings. The molecule has 4 heteroatoms. The lowest BCUT2D eigenvalue weighted by Gasteiger charge is -2.01. The Kier molecular flexibility index (Phi) is 2.38. The van der Waals surface area contributed by atoms with Crippen LogP contribution in [0.5, 0.6) is 0 Å². The van der Waals surface area contributed by atoms with Gasteiger partial charge in [0.2, 0.25) is 0 Å². The summed E-state index contributed by atoms with van der Waals surface area (Å²) in [6.45, 7) is 0. The van der Waals surface area contributed by atoms with Crippen LogP contribution >= 0.6 is 23.4 Å². The van der Waals surface area contributed by atoms with Gasteiger partial charge in [0.15, 0.2) is 5.15 Å². The van der Waals surface area contributed by atoms with Crippen molar-refractivity contribution < 1.29 is 0 Å². The zero-order valence-corrected chi connectivity index (χ0v) is 8.56. The first-order valence-electron chi connectivity index (χ1n) is 3.78. The minimum atomic E-state index is 0.466. The fourth-order valence-corrected chi connectivity index (χ4v) is 1.92. The summed E-state index contributed by atoms with van der Waals surface area (Å²) in [6.07, 6.45) is 1.98. The van der Waals surface area contributed by atoms with Gasteiger partial charge < -0.3 is 0 Å². The third kappa shape index (κ3) is 1.49. The molecule has 0 fully saturated rings. The summed E-state index contributed by atoms with van der Waals surface area (Å²) in [7, 11) is 0. The number of hydrogen-bond donors (Lipinski definition) is 0. The molecule has 0 saturated carbocycles. The Labute approximate surface area is 85.3 Å². The van der Waals surface area contributed by atoms with E-state index in [-0.39, 0.29) is 0 Å². The number of hydrogen-bond acceptors (Lipinski definition) is 3. The quantitative estimate of drug-likeness (QED) is 0.677. The SMILES string of the molecule is CSc1nnc(Cl)c2ccccc12. The maximum Gasteiger partial charge on any atom is 0.159 e. The molecule has 0 bridgehead atoms. The van der Waals surface area contributed by atoms with Crippen molar-refractivity contribution in [2.24, 2.45) is 0 Å². The number of nitrogens with zero attached hydrogens (tertiary/aromatic N) is 2. The lowest BCUT2D eigenvalue weighted by atomic mass is 10.2. The predicted octanol–water partition coefficient (Wildman–Crippen LogP) is 3.01. The van der Waals surface area contributed by atoms with Crippen LogP contribution in [0.15, 0.2) is 29.3 Å². The minimum absolute atomic E-state index is 0.466. The maximum absolute atomic E-state index is 5.90. The minimum Gasteiger partial charge on any atom is -0.142 e. The number of thioether (sulfide) groups is 1. The Morgan fingerprint density at radius 3 is 2.54 bits per heavy atom. The molecule has 0 aliphatic rings. The normalized spacial score (nSPS) is 10.6. The highest BCUT2D eigenvalue weighted by molar-refractivity contribution is 7.98. The smallest absolute Gasteiger partial charge is 0.142 e. The second-order valence-electron chi connectivity index (χ2n) is 2.55. The summed E-state index contributed by atoms with van der Waals surface area (Å²) in [5.41, 5.74) is 0. The van der Waals surface area contributed by atoms with Crippen molar-refractivity contribution >= 4 is 34.1 Å². The molecule has 66 valence electrons. The van der Waals surface area contributed by atoms with Crippen LogP contribution in [0.2, 0.25) is 5.15 Å². The molecule has 0 saturated heterocycles. The van der Waals surface area contributed by atoms with Gasteiger partial charge in [0.05, 0.1) is 0 Å². The summed E-state index contributed by atoms with van der Waals surface area (Å²) in [4.78, 5) is 0. The first-order valence-corrected chi connectivity index (χ1v) is 5.38. The highest BCUT2D eigenvalue weighted by Crippen LogP contribution is 2.26. The molecular weight excluding hydrogens is 204 g/mol. The maximum atomic E-state index is 5.90. The molecule has 2 rings (SSSR count). The van der Waals surface area contributed by atoms with Gasteiger partial charge in [-0.2, -0.15) is 0 Å². The van der Waals surface area contributed by atoms with Crippen LogP contribution in [-0.4, -0.2) is 16.5 Å². The van der Waals surface area contributed by atoms with Crippen molar-refractivity contribution in [3.63, 3.8) is 0 Å². The van der Waals surface area contributed by atoms with Gasteiger partial charge in [-0.3, -0.25) is 0 Å². The summed E-state index contributed by atoms with van der Waals surface area (Å²) in [5.74, 6) is 0. The Hall–Kier alpha value is -0.800. The van der Waals surface area contributed by atoms with E-state index in [2.05, 4.69) is 10.2 Å². The van der Waals surface area contributed by atoms with Crippen molar-refractivity contribution in [1.29, 1.82) is 0 Å². The van der Waals surface area contributed by atoms with Crippen LogP contribution in [0.25, 0.3) is 10.8 Å². The van der Waals surface area contributed by atoms with E-state index < -0.39 is 0 Å². The molecule has 2 nitrogen and oxygen atoms in total.